The van der Waals surface area contributed by atoms with Gasteiger partial charge in [-0.2, -0.15) is 0 Å². The van der Waals surface area contributed by atoms with E-state index >= 15 is 0 Å². The molecule has 1 atom stereocenters. The van der Waals surface area contributed by atoms with Crippen LogP contribution in [0.2, 0.25) is 5.02 Å². The average Bonchev–Trinajstić information content (AvgIpc) is 2.78. The van der Waals surface area contributed by atoms with Crippen LogP contribution >= 0.6 is 11.6 Å². The molecule has 1 amide bonds. The molecule has 1 saturated heterocycles. The first-order valence-electron chi connectivity index (χ1n) is 5.51. The average molecular weight is 256 g/mol. The standard InChI is InChI=1S/C12H14ClNO3/c13-9-1-2-10(11(15)5-9)12(16)14-6-8-3-4-17-7-8/h1-2,5,8,15H,3-4,6-7H2,(H,14,16)/t8-/m0/s1. The van der Waals surface area contributed by atoms with Crippen molar-refractivity contribution < 1.29 is 14.6 Å². The van der Waals surface area contributed by atoms with Gasteiger partial charge in [-0.1, -0.05) is 11.6 Å². The fourth-order valence-electron chi connectivity index (χ4n) is 1.77. The number of halogens is 1. The zero-order valence-electron chi connectivity index (χ0n) is 9.28. The van der Waals surface area contributed by atoms with E-state index in [4.69, 9.17) is 16.3 Å². The highest BCUT2D eigenvalue weighted by Crippen LogP contribution is 2.21. The van der Waals surface area contributed by atoms with Crippen LogP contribution in [0.25, 0.3) is 0 Å². The van der Waals surface area contributed by atoms with Gasteiger partial charge >= 0.3 is 0 Å². The quantitative estimate of drug-likeness (QED) is 0.866. The van der Waals surface area contributed by atoms with Crippen LogP contribution in [0.4, 0.5) is 0 Å². The highest BCUT2D eigenvalue weighted by molar-refractivity contribution is 6.30. The van der Waals surface area contributed by atoms with Crippen LogP contribution in [0.5, 0.6) is 5.75 Å². The smallest absolute Gasteiger partial charge is 0.255 e. The Bertz CT molecular complexity index is 416. The summed E-state index contributed by atoms with van der Waals surface area (Å²) in [6.07, 6.45) is 0.965. The Balaban J connectivity index is 1.94. The number of nitrogens with one attached hydrogen (secondary N) is 1. The minimum atomic E-state index is -0.286. The molecule has 1 aliphatic heterocycles. The summed E-state index contributed by atoms with van der Waals surface area (Å²) in [7, 11) is 0. The van der Waals surface area contributed by atoms with Gasteiger partial charge < -0.3 is 15.2 Å². The molecule has 1 aromatic rings. The third kappa shape index (κ3) is 3.11. The summed E-state index contributed by atoms with van der Waals surface area (Å²) in [5, 5.41) is 12.8. The van der Waals surface area contributed by atoms with E-state index in [9.17, 15) is 9.90 Å². The van der Waals surface area contributed by atoms with Gasteiger partial charge in [0.15, 0.2) is 0 Å². The molecule has 17 heavy (non-hydrogen) atoms. The topological polar surface area (TPSA) is 58.6 Å². The van der Waals surface area contributed by atoms with E-state index in [1.54, 1.807) is 6.07 Å². The molecule has 0 unspecified atom stereocenters. The number of phenolic OH excluding ortho intramolecular Hbond substituents is 1. The number of hydrogen-bond donors (Lipinski definition) is 2. The maximum atomic E-state index is 11.8. The molecular weight excluding hydrogens is 242 g/mol. The second-order valence-corrected chi connectivity index (χ2v) is 4.54. The van der Waals surface area contributed by atoms with Crippen molar-refractivity contribution in [2.24, 2.45) is 5.92 Å². The Hall–Kier alpha value is -1.26. The number of ether oxygens (including phenoxy) is 1. The fraction of sp³-hybridized carbons (Fsp3) is 0.417. The predicted octanol–water partition coefficient (Wildman–Crippen LogP) is 1.81. The van der Waals surface area contributed by atoms with Gasteiger partial charge in [-0.25, -0.2) is 0 Å². The molecule has 4 nitrogen and oxygen atoms in total. The molecule has 0 spiro atoms. The largest absolute Gasteiger partial charge is 0.507 e. The summed E-state index contributed by atoms with van der Waals surface area (Å²) < 4.78 is 5.22. The lowest BCUT2D eigenvalue weighted by atomic mass is 10.1. The van der Waals surface area contributed by atoms with Crippen molar-refractivity contribution in [3.8, 4) is 5.75 Å². The first kappa shape index (κ1) is 12.2. The number of benzene rings is 1. The minimum absolute atomic E-state index is 0.0994. The molecule has 5 heteroatoms. The van der Waals surface area contributed by atoms with Crippen LogP contribution in [0.1, 0.15) is 16.8 Å². The maximum Gasteiger partial charge on any atom is 0.255 e. The molecule has 0 radical (unpaired) electrons. The van der Waals surface area contributed by atoms with Gasteiger partial charge in [0.2, 0.25) is 0 Å². The zero-order valence-corrected chi connectivity index (χ0v) is 10.0. The molecule has 0 aliphatic carbocycles. The maximum absolute atomic E-state index is 11.8. The van der Waals surface area contributed by atoms with Gasteiger partial charge in [0.05, 0.1) is 12.2 Å². The highest BCUT2D eigenvalue weighted by atomic mass is 35.5. The second kappa shape index (κ2) is 5.38. The summed E-state index contributed by atoms with van der Waals surface area (Å²) in [5.41, 5.74) is 0.244. The van der Waals surface area contributed by atoms with Crippen molar-refractivity contribution in [3.05, 3.63) is 28.8 Å². The third-order valence-corrected chi connectivity index (χ3v) is 3.01. The van der Waals surface area contributed by atoms with Gasteiger partial charge in [0.25, 0.3) is 5.91 Å². The highest BCUT2D eigenvalue weighted by Gasteiger charge is 2.17. The molecule has 1 aliphatic rings. The summed E-state index contributed by atoms with van der Waals surface area (Å²) in [4.78, 5) is 11.8. The van der Waals surface area contributed by atoms with E-state index in [-0.39, 0.29) is 17.2 Å². The van der Waals surface area contributed by atoms with E-state index < -0.39 is 0 Å². The fourth-order valence-corrected chi connectivity index (χ4v) is 1.94. The van der Waals surface area contributed by atoms with Crippen LogP contribution in [0, 0.1) is 5.92 Å². The molecule has 0 saturated carbocycles. The van der Waals surface area contributed by atoms with Crippen molar-refractivity contribution >= 4 is 17.5 Å². The summed E-state index contributed by atoms with van der Waals surface area (Å²) in [6, 6.07) is 4.45. The monoisotopic (exact) mass is 255 g/mol. The summed E-state index contributed by atoms with van der Waals surface area (Å²) in [6.45, 7) is 2.01. The van der Waals surface area contributed by atoms with Gasteiger partial charge in [-0.05, 0) is 24.6 Å². The number of rotatable bonds is 3. The molecule has 2 rings (SSSR count). The molecule has 0 aromatic heterocycles. The molecule has 1 aromatic carbocycles. The van der Waals surface area contributed by atoms with Crippen LogP contribution in [-0.4, -0.2) is 30.8 Å². The number of phenols is 1. The van der Waals surface area contributed by atoms with E-state index in [1.807, 2.05) is 0 Å². The molecule has 2 N–H and O–H groups in total. The lowest BCUT2D eigenvalue weighted by molar-refractivity contribution is 0.0942. The SMILES string of the molecule is O=C(NC[C@@H]1CCOC1)c1ccc(Cl)cc1O. The van der Waals surface area contributed by atoms with E-state index in [0.717, 1.165) is 13.0 Å². The van der Waals surface area contributed by atoms with Crippen LogP contribution < -0.4 is 5.32 Å². The van der Waals surface area contributed by atoms with E-state index in [2.05, 4.69) is 5.32 Å². The van der Waals surface area contributed by atoms with Gasteiger partial charge in [0.1, 0.15) is 5.75 Å². The molecular formula is C12H14ClNO3. The number of carbonyl (C=O) groups is 1. The predicted molar refractivity (Wildman–Crippen MR) is 64.4 cm³/mol. The Labute approximate surface area is 105 Å². The lowest BCUT2D eigenvalue weighted by Gasteiger charge is -2.10. The number of hydrogen-bond acceptors (Lipinski definition) is 3. The second-order valence-electron chi connectivity index (χ2n) is 4.10. The van der Waals surface area contributed by atoms with Gasteiger partial charge in [0, 0.05) is 24.1 Å². The van der Waals surface area contributed by atoms with Crippen LogP contribution in [0.3, 0.4) is 0 Å². The first-order chi connectivity index (χ1) is 8.16. The number of aromatic hydroxyl groups is 1. The van der Waals surface area contributed by atoms with Crippen molar-refractivity contribution in [2.75, 3.05) is 19.8 Å². The van der Waals surface area contributed by atoms with E-state index in [1.165, 1.54) is 12.1 Å². The number of carbonyl (C=O) groups excluding carboxylic acids is 1. The van der Waals surface area contributed by atoms with Crippen molar-refractivity contribution in [1.29, 1.82) is 0 Å². The van der Waals surface area contributed by atoms with Crippen molar-refractivity contribution in [2.45, 2.75) is 6.42 Å². The molecule has 1 heterocycles. The van der Waals surface area contributed by atoms with Crippen molar-refractivity contribution in [3.63, 3.8) is 0 Å². The Morgan fingerprint density at radius 2 is 2.41 bits per heavy atom. The Morgan fingerprint density at radius 3 is 3.06 bits per heavy atom. The Morgan fingerprint density at radius 1 is 1.59 bits per heavy atom. The zero-order chi connectivity index (χ0) is 12.3. The first-order valence-corrected chi connectivity index (χ1v) is 5.89. The van der Waals surface area contributed by atoms with Gasteiger partial charge in [-0.3, -0.25) is 4.79 Å². The minimum Gasteiger partial charge on any atom is -0.507 e. The molecule has 92 valence electrons. The normalized spacial score (nSPS) is 19.2. The summed E-state index contributed by atoms with van der Waals surface area (Å²) >= 11 is 5.69. The van der Waals surface area contributed by atoms with Gasteiger partial charge in [-0.15, -0.1) is 0 Å². The van der Waals surface area contributed by atoms with Crippen LogP contribution in [0.15, 0.2) is 18.2 Å². The molecule has 1 fully saturated rings. The van der Waals surface area contributed by atoms with E-state index in [0.29, 0.717) is 24.1 Å². The Kier molecular flexibility index (Phi) is 3.86. The van der Waals surface area contributed by atoms with Crippen LogP contribution in [-0.2, 0) is 4.74 Å². The number of amides is 1. The lowest BCUT2D eigenvalue weighted by Crippen LogP contribution is -2.29. The molecule has 0 bridgehead atoms. The summed E-state index contributed by atoms with van der Waals surface area (Å²) in [5.74, 6) is -0.0165. The van der Waals surface area contributed by atoms with Crippen molar-refractivity contribution in [1.82, 2.24) is 5.32 Å². The third-order valence-electron chi connectivity index (χ3n) is 2.78.